The van der Waals surface area contributed by atoms with Gasteiger partial charge >= 0.3 is 12.1 Å². The molecule has 0 aliphatic carbocycles. The number of hydrogen-bond acceptors (Lipinski definition) is 2. The molecule has 0 spiro atoms. The molecule has 0 saturated carbocycles. The maximum atomic E-state index is 12.9. The minimum atomic E-state index is -0.0930. The SMILES string of the molecule is CCc1ccc(NC(=O)N2CCC(N3CCN(Cc4ccccc4)C3=O)C2)cc1. The van der Waals surface area contributed by atoms with Crippen LogP contribution in [0.25, 0.3) is 0 Å². The van der Waals surface area contributed by atoms with Crippen molar-refractivity contribution in [3.8, 4) is 0 Å². The Bertz CT molecular complexity index is 853. The van der Waals surface area contributed by atoms with E-state index in [0.29, 0.717) is 19.6 Å². The van der Waals surface area contributed by atoms with E-state index in [4.69, 9.17) is 0 Å². The summed E-state index contributed by atoms with van der Waals surface area (Å²) in [5, 5.41) is 2.97. The van der Waals surface area contributed by atoms with Gasteiger partial charge in [-0.05, 0) is 36.1 Å². The van der Waals surface area contributed by atoms with Gasteiger partial charge in [-0.15, -0.1) is 0 Å². The topological polar surface area (TPSA) is 55.9 Å². The second kappa shape index (κ2) is 8.55. The summed E-state index contributed by atoms with van der Waals surface area (Å²) in [4.78, 5) is 31.1. The van der Waals surface area contributed by atoms with Gasteiger partial charge in [-0.3, -0.25) is 0 Å². The Kier molecular flexibility index (Phi) is 5.69. The van der Waals surface area contributed by atoms with Gasteiger partial charge in [0.25, 0.3) is 0 Å². The molecule has 2 heterocycles. The molecule has 0 aromatic heterocycles. The van der Waals surface area contributed by atoms with Crippen LogP contribution in [0.15, 0.2) is 54.6 Å². The molecule has 1 atom stereocenters. The smallest absolute Gasteiger partial charge is 0.321 e. The molecule has 152 valence electrons. The van der Waals surface area contributed by atoms with Crippen molar-refractivity contribution >= 4 is 17.7 Å². The van der Waals surface area contributed by atoms with E-state index >= 15 is 0 Å². The number of rotatable bonds is 5. The molecule has 2 aliphatic rings. The molecule has 2 aliphatic heterocycles. The van der Waals surface area contributed by atoms with E-state index in [1.165, 1.54) is 5.56 Å². The van der Waals surface area contributed by atoms with Crippen LogP contribution in [0, 0.1) is 0 Å². The number of anilines is 1. The second-order valence-corrected chi connectivity index (χ2v) is 7.75. The highest BCUT2D eigenvalue weighted by Crippen LogP contribution is 2.23. The fraction of sp³-hybridized carbons (Fsp3) is 0.391. The van der Waals surface area contributed by atoms with Crippen molar-refractivity contribution in [1.82, 2.24) is 14.7 Å². The van der Waals surface area contributed by atoms with Crippen LogP contribution >= 0.6 is 0 Å². The van der Waals surface area contributed by atoms with E-state index < -0.39 is 0 Å². The predicted molar refractivity (Wildman–Crippen MR) is 114 cm³/mol. The normalized spacial score (nSPS) is 19.1. The first-order chi connectivity index (χ1) is 14.1. The molecule has 0 radical (unpaired) electrons. The Morgan fingerprint density at radius 3 is 2.48 bits per heavy atom. The number of urea groups is 2. The lowest BCUT2D eigenvalue weighted by Crippen LogP contribution is -2.42. The summed E-state index contributed by atoms with van der Waals surface area (Å²) < 4.78 is 0. The highest BCUT2D eigenvalue weighted by molar-refractivity contribution is 5.89. The molecule has 2 fully saturated rings. The molecule has 29 heavy (non-hydrogen) atoms. The zero-order valence-corrected chi connectivity index (χ0v) is 16.9. The van der Waals surface area contributed by atoms with Gasteiger partial charge in [0, 0.05) is 38.4 Å². The largest absolute Gasteiger partial charge is 0.322 e. The number of nitrogens with zero attached hydrogens (tertiary/aromatic N) is 3. The van der Waals surface area contributed by atoms with E-state index in [1.807, 2.05) is 69.3 Å². The lowest BCUT2D eigenvalue weighted by molar-refractivity contribution is 0.175. The molecule has 4 amide bonds. The zero-order chi connectivity index (χ0) is 20.2. The Labute approximate surface area is 172 Å². The van der Waals surface area contributed by atoms with E-state index in [-0.39, 0.29) is 18.1 Å². The van der Waals surface area contributed by atoms with Gasteiger partial charge in [0.05, 0.1) is 6.04 Å². The van der Waals surface area contributed by atoms with Crippen LogP contribution < -0.4 is 5.32 Å². The van der Waals surface area contributed by atoms with Crippen LogP contribution in [0.3, 0.4) is 0 Å². The van der Waals surface area contributed by atoms with Crippen LogP contribution in [-0.4, -0.2) is 59.0 Å². The van der Waals surface area contributed by atoms with Gasteiger partial charge in [-0.2, -0.15) is 0 Å². The first-order valence-electron chi connectivity index (χ1n) is 10.4. The Balaban J connectivity index is 1.31. The summed E-state index contributed by atoms with van der Waals surface area (Å²) >= 11 is 0. The molecule has 6 nitrogen and oxygen atoms in total. The Hall–Kier alpha value is -3.02. The van der Waals surface area contributed by atoms with Crippen LogP contribution in [0.4, 0.5) is 15.3 Å². The number of aryl methyl sites for hydroxylation is 1. The van der Waals surface area contributed by atoms with E-state index in [1.54, 1.807) is 0 Å². The van der Waals surface area contributed by atoms with Crippen molar-refractivity contribution in [3.63, 3.8) is 0 Å². The van der Waals surface area contributed by atoms with Gasteiger partial charge in [0.1, 0.15) is 0 Å². The van der Waals surface area contributed by atoms with Crippen molar-refractivity contribution in [2.75, 3.05) is 31.5 Å². The fourth-order valence-electron chi connectivity index (χ4n) is 4.10. The number of benzene rings is 2. The van der Waals surface area contributed by atoms with Crippen LogP contribution in [0.5, 0.6) is 0 Å². The molecule has 6 heteroatoms. The summed E-state index contributed by atoms with van der Waals surface area (Å²) in [6.07, 6.45) is 1.81. The van der Waals surface area contributed by atoms with Gasteiger partial charge in [-0.25, -0.2) is 9.59 Å². The fourth-order valence-corrected chi connectivity index (χ4v) is 4.10. The summed E-state index contributed by atoms with van der Waals surface area (Å²) in [5.41, 5.74) is 3.20. The summed E-state index contributed by atoms with van der Waals surface area (Å²) in [7, 11) is 0. The molecule has 1 unspecified atom stereocenters. The van der Waals surface area contributed by atoms with Gasteiger partial charge in [-0.1, -0.05) is 49.4 Å². The lowest BCUT2D eigenvalue weighted by atomic mass is 10.1. The first-order valence-corrected chi connectivity index (χ1v) is 10.4. The third-order valence-electron chi connectivity index (χ3n) is 5.85. The molecule has 2 saturated heterocycles. The van der Waals surface area contributed by atoms with E-state index in [0.717, 1.165) is 37.2 Å². The van der Waals surface area contributed by atoms with Crippen molar-refractivity contribution < 1.29 is 9.59 Å². The second-order valence-electron chi connectivity index (χ2n) is 7.75. The summed E-state index contributed by atoms with van der Waals surface area (Å²) in [5.74, 6) is 0. The maximum absolute atomic E-state index is 12.9. The van der Waals surface area contributed by atoms with Gasteiger partial charge < -0.3 is 20.0 Å². The first kappa shape index (κ1) is 19.3. The minimum absolute atomic E-state index is 0.0799. The van der Waals surface area contributed by atoms with Crippen molar-refractivity contribution in [2.24, 2.45) is 0 Å². The van der Waals surface area contributed by atoms with Crippen molar-refractivity contribution in [1.29, 1.82) is 0 Å². The number of amides is 4. The Morgan fingerprint density at radius 1 is 1.00 bits per heavy atom. The highest BCUT2D eigenvalue weighted by atomic mass is 16.2. The third kappa shape index (κ3) is 4.36. The van der Waals surface area contributed by atoms with Crippen molar-refractivity contribution in [3.05, 3.63) is 65.7 Å². The van der Waals surface area contributed by atoms with Gasteiger partial charge in [0.2, 0.25) is 0 Å². The van der Waals surface area contributed by atoms with Crippen molar-refractivity contribution in [2.45, 2.75) is 32.4 Å². The quantitative estimate of drug-likeness (QED) is 0.842. The number of nitrogens with one attached hydrogen (secondary N) is 1. The lowest BCUT2D eigenvalue weighted by Gasteiger charge is -2.25. The summed E-state index contributed by atoms with van der Waals surface area (Å²) in [6.45, 7) is 5.47. The molecule has 2 aromatic rings. The third-order valence-corrected chi connectivity index (χ3v) is 5.85. The number of likely N-dealkylation sites (tertiary alicyclic amines) is 1. The monoisotopic (exact) mass is 392 g/mol. The minimum Gasteiger partial charge on any atom is -0.322 e. The molecule has 4 rings (SSSR count). The molecular formula is C23H28N4O2. The van der Waals surface area contributed by atoms with Crippen LogP contribution in [0.1, 0.15) is 24.5 Å². The number of carbonyl (C=O) groups is 2. The Morgan fingerprint density at radius 2 is 1.76 bits per heavy atom. The zero-order valence-electron chi connectivity index (χ0n) is 16.9. The number of hydrogen-bond donors (Lipinski definition) is 1. The standard InChI is InChI=1S/C23H28N4O2/c1-2-18-8-10-20(11-9-18)24-22(28)25-13-12-21(17-25)27-15-14-26(23(27)29)16-19-6-4-3-5-7-19/h3-11,21H,2,12-17H2,1H3,(H,24,28). The molecular weight excluding hydrogens is 364 g/mol. The van der Waals surface area contributed by atoms with E-state index in [9.17, 15) is 9.59 Å². The average Bonchev–Trinajstić information content (AvgIpc) is 3.37. The van der Waals surface area contributed by atoms with E-state index in [2.05, 4.69) is 12.2 Å². The van der Waals surface area contributed by atoms with Gasteiger partial charge in [0.15, 0.2) is 0 Å². The molecule has 1 N–H and O–H groups in total. The maximum Gasteiger partial charge on any atom is 0.321 e. The average molecular weight is 393 g/mol. The predicted octanol–water partition coefficient (Wildman–Crippen LogP) is 3.79. The summed E-state index contributed by atoms with van der Waals surface area (Å²) in [6, 6.07) is 18.1. The molecule has 2 aromatic carbocycles. The number of carbonyl (C=O) groups excluding carboxylic acids is 2. The molecule has 0 bridgehead atoms. The van der Waals surface area contributed by atoms with Crippen LogP contribution in [-0.2, 0) is 13.0 Å². The highest BCUT2D eigenvalue weighted by Gasteiger charge is 2.38. The van der Waals surface area contributed by atoms with Crippen LogP contribution in [0.2, 0.25) is 0 Å².